The molecule has 8 heteroatoms. The van der Waals surface area contributed by atoms with Gasteiger partial charge in [-0.25, -0.2) is 0 Å². The van der Waals surface area contributed by atoms with E-state index in [1.54, 1.807) is 21.3 Å². The molecule has 5 aliphatic carbocycles. The summed E-state index contributed by atoms with van der Waals surface area (Å²) in [6, 6.07) is -0.0439. The van der Waals surface area contributed by atoms with Crippen molar-refractivity contribution in [2.24, 2.45) is 22.7 Å². The van der Waals surface area contributed by atoms with Crippen molar-refractivity contribution >= 4 is 0 Å². The van der Waals surface area contributed by atoms with E-state index in [0.717, 1.165) is 32.4 Å². The van der Waals surface area contributed by atoms with Crippen molar-refractivity contribution in [1.82, 2.24) is 4.90 Å². The van der Waals surface area contributed by atoms with Crippen molar-refractivity contribution < 1.29 is 33.9 Å². The summed E-state index contributed by atoms with van der Waals surface area (Å²) in [5.74, 6) is -0.196. The Kier molecular flexibility index (Phi) is 4.08. The summed E-state index contributed by atoms with van der Waals surface area (Å²) >= 11 is 0. The number of methoxy groups -OCH3 is 3. The van der Waals surface area contributed by atoms with E-state index in [1.807, 2.05) is 0 Å². The first-order valence-electron chi connectivity index (χ1n) is 12.7. The molecule has 2 heterocycles. The number of rotatable bonds is 4. The number of piperidine rings is 1. The van der Waals surface area contributed by atoms with Crippen LogP contribution in [0.4, 0.5) is 0 Å². The van der Waals surface area contributed by atoms with Gasteiger partial charge < -0.3 is 33.9 Å². The Balaban J connectivity index is 1.59. The fraction of sp³-hybridized carbons (Fsp3) is 1.00. The molecule has 5 saturated carbocycles. The molecule has 7 bridgehead atoms. The van der Waals surface area contributed by atoms with Crippen LogP contribution < -0.4 is 0 Å². The number of likely N-dealkylation sites (tertiary alicyclic amines) is 1. The van der Waals surface area contributed by atoms with Crippen LogP contribution in [0.1, 0.15) is 46.0 Å². The Morgan fingerprint density at radius 3 is 2.39 bits per heavy atom. The largest absolute Gasteiger partial charge is 0.388 e. The Labute approximate surface area is 195 Å². The summed E-state index contributed by atoms with van der Waals surface area (Å²) in [7, 11) is 5.07. The molecular formula is C25H39NO7. The second-order valence-corrected chi connectivity index (χ2v) is 12.4. The van der Waals surface area contributed by atoms with Crippen LogP contribution in [0.3, 0.4) is 0 Å². The van der Waals surface area contributed by atoms with Gasteiger partial charge in [-0.05, 0) is 37.1 Å². The molecule has 0 radical (unpaired) electrons. The SMILES string of the molecule is CCN1C[C@]2(C)CC[C@H](OC)[C@]34[C@@H]2C[C@@]2(OCO[C@@]25C[C@H](OC)[C@@]2(O)C[C@]3(O)[C@@H]5[C@H]2OC)[C@@H]14. The zero-order valence-electron chi connectivity index (χ0n) is 20.5. The average molecular weight is 466 g/mol. The van der Waals surface area contributed by atoms with Crippen LogP contribution in [-0.4, -0.2) is 103 Å². The molecule has 2 saturated heterocycles. The smallest absolute Gasteiger partial charge is 0.148 e. The molecular weight excluding hydrogens is 426 g/mol. The summed E-state index contributed by atoms with van der Waals surface area (Å²) in [5, 5.41) is 25.3. The third-order valence-corrected chi connectivity index (χ3v) is 12.0. The number of nitrogens with zero attached hydrogens (tertiary/aromatic N) is 1. The highest BCUT2D eigenvalue weighted by Gasteiger charge is 2.96. The standard InChI is InChI=1S/C25H39NO7/c1-6-26-12-20(2)8-7-15(29-3)25-14(20)9-24(19(25)26)23(32-13-33-24)10-16(30-4)21(27)11-22(25,28)17(23)18(21)31-5/h14-19,27-28H,6-13H2,1-5H3/t14-,15+,16+,17+,18-,19-,20+,21+,22+,23-,24-,25+/m1/s1. The molecule has 7 fully saturated rings. The number of ether oxygens (including phenoxy) is 5. The summed E-state index contributed by atoms with van der Waals surface area (Å²) in [6.07, 6.45) is 2.29. The summed E-state index contributed by atoms with van der Waals surface area (Å²) in [5.41, 5.74) is -4.43. The van der Waals surface area contributed by atoms with E-state index in [0.29, 0.717) is 6.42 Å². The van der Waals surface area contributed by atoms with Gasteiger partial charge in [-0.2, -0.15) is 0 Å². The Hall–Kier alpha value is -0.320. The molecule has 7 aliphatic rings. The predicted molar refractivity (Wildman–Crippen MR) is 116 cm³/mol. The van der Waals surface area contributed by atoms with Crippen LogP contribution in [0.2, 0.25) is 0 Å². The van der Waals surface area contributed by atoms with Crippen LogP contribution in [-0.2, 0) is 23.7 Å². The summed E-state index contributed by atoms with van der Waals surface area (Å²) in [4.78, 5) is 2.55. The molecule has 0 aromatic carbocycles. The minimum Gasteiger partial charge on any atom is -0.388 e. The van der Waals surface area contributed by atoms with Gasteiger partial charge in [0.15, 0.2) is 0 Å². The molecule has 8 nitrogen and oxygen atoms in total. The van der Waals surface area contributed by atoms with Gasteiger partial charge in [-0.3, -0.25) is 4.90 Å². The van der Waals surface area contributed by atoms with Crippen molar-refractivity contribution in [3.05, 3.63) is 0 Å². The Bertz CT molecular complexity index is 889. The van der Waals surface area contributed by atoms with Gasteiger partial charge in [0.05, 0.1) is 30.0 Å². The lowest BCUT2D eigenvalue weighted by molar-refractivity contribution is -0.334. The highest BCUT2D eigenvalue weighted by molar-refractivity contribution is 5.46. The minimum absolute atomic E-state index is 0.0382. The van der Waals surface area contributed by atoms with Gasteiger partial charge in [0.2, 0.25) is 0 Å². The first kappa shape index (κ1) is 21.9. The Morgan fingerprint density at radius 2 is 1.73 bits per heavy atom. The van der Waals surface area contributed by atoms with Crippen molar-refractivity contribution in [3.8, 4) is 0 Å². The first-order valence-corrected chi connectivity index (χ1v) is 12.7. The lowest BCUT2D eigenvalue weighted by atomic mass is 9.41. The van der Waals surface area contributed by atoms with Gasteiger partial charge in [0, 0.05) is 52.0 Å². The molecule has 12 atom stereocenters. The fourth-order valence-corrected chi connectivity index (χ4v) is 11.4. The monoisotopic (exact) mass is 465 g/mol. The van der Waals surface area contributed by atoms with Crippen molar-refractivity contribution in [2.75, 3.05) is 41.2 Å². The van der Waals surface area contributed by atoms with E-state index in [1.165, 1.54) is 0 Å². The number of likely N-dealkylation sites (N-methyl/N-ethyl adjacent to an activating group) is 1. The molecule has 7 rings (SSSR count). The highest BCUT2D eigenvalue weighted by atomic mass is 16.7. The van der Waals surface area contributed by atoms with E-state index in [2.05, 4.69) is 18.7 Å². The first-order chi connectivity index (χ1) is 15.7. The fourth-order valence-electron chi connectivity index (χ4n) is 11.4. The predicted octanol–water partition coefficient (Wildman–Crippen LogP) is 0.923. The number of fused-ring (bicyclic) bond motifs is 1. The quantitative estimate of drug-likeness (QED) is 0.634. The molecule has 0 unspecified atom stereocenters. The van der Waals surface area contributed by atoms with E-state index in [4.69, 9.17) is 23.7 Å². The maximum atomic E-state index is 13.2. The summed E-state index contributed by atoms with van der Waals surface area (Å²) in [6.45, 7) is 6.67. The third-order valence-electron chi connectivity index (χ3n) is 12.0. The number of hydrogen-bond donors (Lipinski definition) is 2. The number of aliphatic hydroxyl groups is 2. The van der Waals surface area contributed by atoms with Crippen LogP contribution >= 0.6 is 0 Å². The highest BCUT2D eigenvalue weighted by Crippen LogP contribution is 2.83. The van der Waals surface area contributed by atoms with Crippen LogP contribution in [0.15, 0.2) is 0 Å². The van der Waals surface area contributed by atoms with Gasteiger partial charge in [0.1, 0.15) is 23.6 Å². The van der Waals surface area contributed by atoms with E-state index in [9.17, 15) is 10.2 Å². The topological polar surface area (TPSA) is 89.9 Å². The maximum Gasteiger partial charge on any atom is 0.148 e. The van der Waals surface area contributed by atoms with Gasteiger partial charge in [-0.1, -0.05) is 13.8 Å². The molecule has 0 aromatic rings. The molecule has 3 spiro atoms. The van der Waals surface area contributed by atoms with Gasteiger partial charge >= 0.3 is 0 Å². The second-order valence-electron chi connectivity index (χ2n) is 12.4. The van der Waals surface area contributed by atoms with E-state index >= 15 is 0 Å². The third kappa shape index (κ3) is 1.85. The number of hydrogen-bond acceptors (Lipinski definition) is 8. The van der Waals surface area contributed by atoms with Crippen LogP contribution in [0, 0.1) is 22.7 Å². The van der Waals surface area contributed by atoms with Gasteiger partial charge in [-0.15, -0.1) is 0 Å². The molecule has 2 aliphatic heterocycles. The second kappa shape index (κ2) is 6.14. The lowest BCUT2D eigenvalue weighted by Gasteiger charge is -2.72. The normalized spacial score (nSPS) is 64.8. The van der Waals surface area contributed by atoms with Crippen molar-refractivity contribution in [1.29, 1.82) is 0 Å². The van der Waals surface area contributed by atoms with Crippen LogP contribution in [0.5, 0.6) is 0 Å². The average Bonchev–Trinajstić information content (AvgIpc) is 3.33. The molecule has 2 N–H and O–H groups in total. The molecule has 33 heavy (non-hydrogen) atoms. The van der Waals surface area contributed by atoms with Crippen LogP contribution in [0.25, 0.3) is 0 Å². The zero-order chi connectivity index (χ0) is 23.2. The lowest BCUT2D eigenvalue weighted by Crippen LogP contribution is -2.85. The maximum absolute atomic E-state index is 13.2. The van der Waals surface area contributed by atoms with E-state index in [-0.39, 0.29) is 36.7 Å². The van der Waals surface area contributed by atoms with Crippen molar-refractivity contribution in [3.63, 3.8) is 0 Å². The zero-order valence-corrected chi connectivity index (χ0v) is 20.5. The molecule has 0 amide bonds. The van der Waals surface area contributed by atoms with E-state index < -0.39 is 45.9 Å². The van der Waals surface area contributed by atoms with Crippen molar-refractivity contribution in [2.45, 2.75) is 92.7 Å². The van der Waals surface area contributed by atoms with Gasteiger partial charge in [0.25, 0.3) is 0 Å². The molecule has 0 aromatic heterocycles. The Morgan fingerprint density at radius 1 is 1.00 bits per heavy atom. The minimum atomic E-state index is -1.29. The molecule has 186 valence electrons. The summed E-state index contributed by atoms with van der Waals surface area (Å²) < 4.78 is 31.8.